The molecule has 2 saturated heterocycles. The van der Waals surface area contributed by atoms with Gasteiger partial charge in [0.25, 0.3) is 0 Å². The topological polar surface area (TPSA) is 79.5 Å². The van der Waals surface area contributed by atoms with E-state index in [1.165, 1.54) is 12.8 Å². The van der Waals surface area contributed by atoms with Gasteiger partial charge in [0, 0.05) is 32.5 Å². The van der Waals surface area contributed by atoms with Crippen molar-refractivity contribution in [2.45, 2.75) is 71.1 Å². The third-order valence-corrected chi connectivity index (χ3v) is 6.59. The van der Waals surface area contributed by atoms with E-state index in [4.69, 9.17) is 4.52 Å². The fraction of sp³-hybridized carbons (Fsp3) is 0.810. The number of carbonyl (C=O) groups is 2. The van der Waals surface area contributed by atoms with Crippen molar-refractivity contribution in [1.29, 1.82) is 0 Å². The molecule has 1 unspecified atom stereocenters. The van der Waals surface area contributed by atoms with Crippen molar-refractivity contribution in [3.63, 3.8) is 0 Å². The van der Waals surface area contributed by atoms with E-state index >= 15 is 0 Å². The molecule has 3 fully saturated rings. The number of hydrogen-bond donors (Lipinski definition) is 0. The SMILES string of the molecule is CC(C)Cc1noc(C2CCCN(C(=O)CN3CC4(CCCC4)CC3=O)C2)n1. The van der Waals surface area contributed by atoms with Gasteiger partial charge in [0.15, 0.2) is 5.82 Å². The van der Waals surface area contributed by atoms with Crippen molar-refractivity contribution in [3.8, 4) is 0 Å². The molecular weight excluding hydrogens is 356 g/mol. The molecule has 0 aromatic carbocycles. The molecule has 1 aromatic rings. The number of nitrogens with zero attached hydrogens (tertiary/aromatic N) is 4. The highest BCUT2D eigenvalue weighted by atomic mass is 16.5. The molecule has 2 aliphatic heterocycles. The summed E-state index contributed by atoms with van der Waals surface area (Å²) in [6.45, 7) is 6.59. The summed E-state index contributed by atoms with van der Waals surface area (Å²) in [6.07, 6.45) is 8.00. The molecule has 0 N–H and O–H groups in total. The predicted molar refractivity (Wildman–Crippen MR) is 103 cm³/mol. The van der Waals surface area contributed by atoms with Gasteiger partial charge in [-0.2, -0.15) is 4.98 Å². The van der Waals surface area contributed by atoms with E-state index in [-0.39, 0.29) is 29.7 Å². The summed E-state index contributed by atoms with van der Waals surface area (Å²) in [6, 6.07) is 0. The molecule has 3 heterocycles. The Hall–Kier alpha value is -1.92. The van der Waals surface area contributed by atoms with Crippen LogP contribution in [0.15, 0.2) is 4.52 Å². The van der Waals surface area contributed by atoms with Gasteiger partial charge >= 0.3 is 0 Å². The van der Waals surface area contributed by atoms with Crippen LogP contribution < -0.4 is 0 Å². The summed E-state index contributed by atoms with van der Waals surface area (Å²) in [7, 11) is 0. The first-order valence-electron chi connectivity index (χ1n) is 10.8. The molecule has 7 heteroatoms. The first-order valence-corrected chi connectivity index (χ1v) is 10.8. The summed E-state index contributed by atoms with van der Waals surface area (Å²) in [4.78, 5) is 33.6. The molecule has 1 spiro atoms. The van der Waals surface area contributed by atoms with E-state index in [2.05, 4.69) is 24.0 Å². The summed E-state index contributed by atoms with van der Waals surface area (Å²) in [5.41, 5.74) is 0.151. The first-order chi connectivity index (χ1) is 13.4. The minimum Gasteiger partial charge on any atom is -0.340 e. The lowest BCUT2D eigenvalue weighted by molar-refractivity contribution is -0.139. The molecule has 1 aliphatic carbocycles. The smallest absolute Gasteiger partial charge is 0.242 e. The van der Waals surface area contributed by atoms with Crippen LogP contribution in [0.3, 0.4) is 0 Å². The molecule has 7 nitrogen and oxygen atoms in total. The van der Waals surface area contributed by atoms with Crippen molar-refractivity contribution in [1.82, 2.24) is 19.9 Å². The van der Waals surface area contributed by atoms with Gasteiger partial charge in [0.1, 0.15) is 0 Å². The molecule has 1 saturated carbocycles. The van der Waals surface area contributed by atoms with Gasteiger partial charge in [-0.25, -0.2) is 0 Å². The Bertz CT molecular complexity index is 723. The summed E-state index contributed by atoms with van der Waals surface area (Å²) in [5.74, 6) is 2.18. The third-order valence-electron chi connectivity index (χ3n) is 6.59. The van der Waals surface area contributed by atoms with E-state index in [0.717, 1.165) is 51.0 Å². The highest BCUT2D eigenvalue weighted by molar-refractivity contribution is 5.86. The average molecular weight is 389 g/mol. The zero-order valence-corrected chi connectivity index (χ0v) is 17.2. The van der Waals surface area contributed by atoms with Crippen molar-refractivity contribution < 1.29 is 14.1 Å². The zero-order valence-electron chi connectivity index (χ0n) is 17.2. The fourth-order valence-electron chi connectivity index (χ4n) is 5.14. The van der Waals surface area contributed by atoms with Crippen molar-refractivity contribution >= 4 is 11.8 Å². The van der Waals surface area contributed by atoms with E-state index in [1.54, 1.807) is 4.90 Å². The van der Waals surface area contributed by atoms with Crippen LogP contribution in [0, 0.1) is 11.3 Å². The normalized spacial score (nSPS) is 24.7. The number of amides is 2. The maximum Gasteiger partial charge on any atom is 0.242 e. The quantitative estimate of drug-likeness (QED) is 0.775. The lowest BCUT2D eigenvalue weighted by Crippen LogP contribution is -2.45. The van der Waals surface area contributed by atoms with Gasteiger partial charge in [-0.1, -0.05) is 31.8 Å². The Kier molecular flexibility index (Phi) is 5.43. The molecule has 4 rings (SSSR count). The number of aromatic nitrogens is 2. The molecule has 0 bridgehead atoms. The van der Waals surface area contributed by atoms with Gasteiger partial charge in [0.2, 0.25) is 17.7 Å². The zero-order chi connectivity index (χ0) is 19.7. The van der Waals surface area contributed by atoms with Crippen LogP contribution in [0.4, 0.5) is 0 Å². The molecule has 0 radical (unpaired) electrons. The molecular formula is C21H32N4O3. The van der Waals surface area contributed by atoms with Crippen LogP contribution in [0.1, 0.15) is 76.4 Å². The second kappa shape index (κ2) is 7.84. The standard InChI is InChI=1S/C21H32N4O3/c1-15(2)10-17-22-20(28-23-17)16-6-5-9-24(12-16)19(27)13-25-14-21(11-18(25)26)7-3-4-8-21/h15-16H,3-14H2,1-2H3. The van der Waals surface area contributed by atoms with Crippen LogP contribution in [0.5, 0.6) is 0 Å². The second-order valence-corrected chi connectivity index (χ2v) is 9.46. The summed E-state index contributed by atoms with van der Waals surface area (Å²) in [5, 5.41) is 4.09. The molecule has 2 amide bonds. The lowest BCUT2D eigenvalue weighted by atomic mass is 9.85. The number of likely N-dealkylation sites (tertiary alicyclic amines) is 2. The van der Waals surface area contributed by atoms with Crippen LogP contribution in [0.2, 0.25) is 0 Å². The highest BCUT2D eigenvalue weighted by Crippen LogP contribution is 2.45. The van der Waals surface area contributed by atoms with Crippen molar-refractivity contribution in [2.24, 2.45) is 11.3 Å². The third kappa shape index (κ3) is 4.08. The number of piperidine rings is 1. The molecule has 154 valence electrons. The van der Waals surface area contributed by atoms with Crippen LogP contribution in [-0.4, -0.2) is 57.9 Å². The maximum absolute atomic E-state index is 12.9. The van der Waals surface area contributed by atoms with Gasteiger partial charge in [-0.3, -0.25) is 9.59 Å². The number of rotatable bonds is 5. The Morgan fingerprint density at radius 3 is 2.82 bits per heavy atom. The Morgan fingerprint density at radius 2 is 2.07 bits per heavy atom. The summed E-state index contributed by atoms with van der Waals surface area (Å²) >= 11 is 0. The Labute approximate surface area is 166 Å². The van der Waals surface area contributed by atoms with Crippen molar-refractivity contribution in [3.05, 3.63) is 11.7 Å². The van der Waals surface area contributed by atoms with Crippen LogP contribution in [0.25, 0.3) is 0 Å². The van der Waals surface area contributed by atoms with Crippen molar-refractivity contribution in [2.75, 3.05) is 26.2 Å². The summed E-state index contributed by atoms with van der Waals surface area (Å²) < 4.78 is 5.48. The molecule has 3 aliphatic rings. The molecule has 28 heavy (non-hydrogen) atoms. The Balaban J connectivity index is 1.34. The molecule has 1 atom stereocenters. The monoisotopic (exact) mass is 388 g/mol. The predicted octanol–water partition coefficient (Wildman–Crippen LogP) is 2.77. The van der Waals surface area contributed by atoms with Gasteiger partial charge < -0.3 is 14.3 Å². The van der Waals surface area contributed by atoms with Crippen LogP contribution >= 0.6 is 0 Å². The largest absolute Gasteiger partial charge is 0.340 e. The van der Waals surface area contributed by atoms with E-state index in [1.807, 2.05) is 4.90 Å². The minimum atomic E-state index is 0.0509. The minimum absolute atomic E-state index is 0.0509. The van der Waals surface area contributed by atoms with Gasteiger partial charge in [-0.05, 0) is 37.0 Å². The Morgan fingerprint density at radius 1 is 1.29 bits per heavy atom. The number of hydrogen-bond acceptors (Lipinski definition) is 5. The van der Waals surface area contributed by atoms with Gasteiger partial charge in [-0.15, -0.1) is 0 Å². The first kappa shape index (κ1) is 19.4. The van der Waals surface area contributed by atoms with Crippen LogP contribution in [-0.2, 0) is 16.0 Å². The fourth-order valence-corrected chi connectivity index (χ4v) is 5.14. The van der Waals surface area contributed by atoms with Gasteiger partial charge in [0.05, 0.1) is 12.5 Å². The van der Waals surface area contributed by atoms with E-state index in [9.17, 15) is 9.59 Å². The second-order valence-electron chi connectivity index (χ2n) is 9.46. The molecule has 1 aromatic heterocycles. The van der Waals surface area contributed by atoms with E-state index in [0.29, 0.717) is 24.8 Å². The highest BCUT2D eigenvalue weighted by Gasteiger charge is 2.45. The van der Waals surface area contributed by atoms with E-state index < -0.39 is 0 Å². The average Bonchev–Trinajstić information content (AvgIpc) is 3.37. The maximum atomic E-state index is 12.9. The number of carbonyl (C=O) groups excluding carboxylic acids is 2. The lowest BCUT2D eigenvalue weighted by Gasteiger charge is -2.32.